The molecule has 0 bridgehead atoms. The van der Waals surface area contributed by atoms with Gasteiger partial charge >= 0.3 is 0 Å². The predicted molar refractivity (Wildman–Crippen MR) is 116 cm³/mol. The Morgan fingerprint density at radius 1 is 1.27 bits per heavy atom. The zero-order valence-electron chi connectivity index (χ0n) is 17.8. The fourth-order valence-electron chi connectivity index (χ4n) is 4.49. The summed E-state index contributed by atoms with van der Waals surface area (Å²) in [7, 11) is -2.27. The van der Waals surface area contributed by atoms with E-state index in [1.165, 1.54) is 14.1 Å². The van der Waals surface area contributed by atoms with Crippen LogP contribution in [0.4, 0.5) is 0 Å². The quantitative estimate of drug-likeness (QED) is 0.454. The van der Waals surface area contributed by atoms with Crippen LogP contribution < -0.4 is 5.48 Å². The van der Waals surface area contributed by atoms with Crippen LogP contribution in [0.3, 0.4) is 0 Å². The summed E-state index contributed by atoms with van der Waals surface area (Å²) in [5.41, 5.74) is 1.64. The number of nitrogens with one attached hydrogen (secondary N) is 1. The second kappa shape index (κ2) is 10.1. The van der Waals surface area contributed by atoms with Crippen molar-refractivity contribution in [3.8, 4) is 0 Å². The number of rotatable bonds is 8. The summed E-state index contributed by atoms with van der Waals surface area (Å²) in [5, 5.41) is 9.32. The standard InChI is InChI=1S/C20H33N3O5S2/c1-3-17-4-5-18(29-17)16-6-10-23(11-7-16)30(26,27)20(19(24)21-25)8-12-22(13-9-20)14-15-28-2/h4-5,16,25H,3,6-15H2,1-2H3,(H,21,24). The number of hydrogen-bond acceptors (Lipinski definition) is 7. The molecule has 0 radical (unpaired) electrons. The Morgan fingerprint density at radius 3 is 2.47 bits per heavy atom. The van der Waals surface area contributed by atoms with Crippen molar-refractivity contribution < 1.29 is 23.2 Å². The number of ether oxygens (including phenoxy) is 1. The Bertz CT molecular complexity index is 810. The van der Waals surface area contributed by atoms with E-state index in [1.54, 1.807) is 12.6 Å². The van der Waals surface area contributed by atoms with Crippen molar-refractivity contribution in [3.05, 3.63) is 21.9 Å². The summed E-state index contributed by atoms with van der Waals surface area (Å²) < 4.78 is 32.1. The van der Waals surface area contributed by atoms with E-state index in [4.69, 9.17) is 4.74 Å². The summed E-state index contributed by atoms with van der Waals surface area (Å²) in [6.45, 7) is 5.14. The topological polar surface area (TPSA) is 99.2 Å². The maximum Gasteiger partial charge on any atom is 0.266 e. The molecule has 1 aromatic rings. The van der Waals surface area contributed by atoms with Crippen molar-refractivity contribution in [3.63, 3.8) is 0 Å². The van der Waals surface area contributed by atoms with E-state index in [9.17, 15) is 18.4 Å². The number of sulfonamides is 1. The van der Waals surface area contributed by atoms with Crippen molar-refractivity contribution in [2.24, 2.45) is 0 Å². The first-order valence-corrected chi connectivity index (χ1v) is 12.9. The molecule has 10 heteroatoms. The summed E-state index contributed by atoms with van der Waals surface area (Å²) >= 11 is 1.81. The van der Waals surface area contributed by atoms with E-state index in [2.05, 4.69) is 24.0 Å². The summed E-state index contributed by atoms with van der Waals surface area (Å²) in [4.78, 5) is 17.4. The number of hydrogen-bond donors (Lipinski definition) is 2. The molecule has 3 heterocycles. The lowest BCUT2D eigenvalue weighted by Crippen LogP contribution is -2.62. The molecule has 0 unspecified atom stereocenters. The minimum Gasteiger partial charge on any atom is -0.383 e. The molecule has 2 aliphatic heterocycles. The molecule has 0 saturated carbocycles. The molecular weight excluding hydrogens is 426 g/mol. The monoisotopic (exact) mass is 459 g/mol. The average Bonchev–Trinajstić information content (AvgIpc) is 3.27. The maximum atomic E-state index is 13.6. The SMILES string of the molecule is CCc1ccc(C2CCN(S(=O)(=O)C3(C(=O)NO)CCN(CCOC)CC3)CC2)s1. The number of piperidine rings is 2. The lowest BCUT2D eigenvalue weighted by atomic mass is 9.95. The Kier molecular flexibility index (Phi) is 7.92. The lowest BCUT2D eigenvalue weighted by Gasteiger charge is -2.43. The number of methoxy groups -OCH3 is 1. The van der Waals surface area contributed by atoms with Gasteiger partial charge in [-0.1, -0.05) is 6.92 Å². The zero-order valence-corrected chi connectivity index (χ0v) is 19.4. The van der Waals surface area contributed by atoms with Crippen LogP contribution in [0.5, 0.6) is 0 Å². The van der Waals surface area contributed by atoms with E-state index in [-0.39, 0.29) is 12.8 Å². The van der Waals surface area contributed by atoms with Gasteiger partial charge in [0, 0.05) is 49.6 Å². The molecule has 2 fully saturated rings. The normalized spacial score (nSPS) is 21.6. The summed E-state index contributed by atoms with van der Waals surface area (Å²) in [6, 6.07) is 4.32. The van der Waals surface area contributed by atoms with Crippen molar-refractivity contribution in [2.45, 2.75) is 49.7 Å². The minimum absolute atomic E-state index is 0.163. The maximum absolute atomic E-state index is 13.6. The van der Waals surface area contributed by atoms with Crippen LogP contribution in [0.1, 0.15) is 48.3 Å². The van der Waals surface area contributed by atoms with Crippen LogP contribution >= 0.6 is 11.3 Å². The molecule has 0 spiro atoms. The van der Waals surface area contributed by atoms with Crippen molar-refractivity contribution >= 4 is 27.3 Å². The summed E-state index contributed by atoms with van der Waals surface area (Å²) in [6.07, 6.45) is 2.84. The molecule has 1 aromatic heterocycles. The number of thiophene rings is 1. The Balaban J connectivity index is 1.71. The Labute approximate surface area is 183 Å². The van der Waals surface area contributed by atoms with Gasteiger partial charge < -0.3 is 9.64 Å². The molecule has 170 valence electrons. The minimum atomic E-state index is -3.90. The number of likely N-dealkylation sites (tertiary alicyclic amines) is 1. The fourth-order valence-corrected chi connectivity index (χ4v) is 7.78. The molecule has 2 aliphatic rings. The summed E-state index contributed by atoms with van der Waals surface area (Å²) in [5.74, 6) is -0.456. The first-order valence-electron chi connectivity index (χ1n) is 10.6. The largest absolute Gasteiger partial charge is 0.383 e. The van der Waals surface area contributed by atoms with Crippen LogP contribution in [0.2, 0.25) is 0 Å². The van der Waals surface area contributed by atoms with Crippen molar-refractivity contribution in [2.75, 3.05) is 46.4 Å². The smallest absolute Gasteiger partial charge is 0.266 e. The van der Waals surface area contributed by atoms with Gasteiger partial charge in [-0.3, -0.25) is 10.0 Å². The van der Waals surface area contributed by atoms with Gasteiger partial charge in [0.25, 0.3) is 5.91 Å². The lowest BCUT2D eigenvalue weighted by molar-refractivity contribution is -0.133. The molecule has 1 amide bonds. The first-order chi connectivity index (χ1) is 14.4. The molecule has 2 saturated heterocycles. The molecule has 30 heavy (non-hydrogen) atoms. The van der Waals surface area contributed by atoms with E-state index >= 15 is 0 Å². The van der Waals surface area contributed by atoms with Gasteiger partial charge in [-0.2, -0.15) is 0 Å². The zero-order chi connectivity index (χ0) is 21.8. The van der Waals surface area contributed by atoms with Gasteiger partial charge in [0.15, 0.2) is 4.75 Å². The van der Waals surface area contributed by atoms with Gasteiger partial charge in [-0.15, -0.1) is 11.3 Å². The number of amides is 1. The van der Waals surface area contributed by atoms with Crippen molar-refractivity contribution in [1.29, 1.82) is 0 Å². The van der Waals surface area contributed by atoms with Crippen LogP contribution in [0.15, 0.2) is 12.1 Å². The molecule has 0 aliphatic carbocycles. The fraction of sp³-hybridized carbons (Fsp3) is 0.750. The van der Waals surface area contributed by atoms with Crippen LogP contribution in [-0.2, 0) is 26.0 Å². The number of nitrogens with zero attached hydrogens (tertiary/aromatic N) is 2. The number of aryl methyl sites for hydroxylation is 1. The van der Waals surface area contributed by atoms with Crippen molar-refractivity contribution in [1.82, 2.24) is 14.7 Å². The van der Waals surface area contributed by atoms with Crippen LogP contribution in [-0.4, -0.2) is 79.9 Å². The predicted octanol–water partition coefficient (Wildman–Crippen LogP) is 1.81. The molecule has 0 aromatic carbocycles. The molecule has 2 N–H and O–H groups in total. The number of hydroxylamine groups is 1. The number of carbonyl (C=O) groups excluding carboxylic acids is 1. The van der Waals surface area contributed by atoms with Gasteiger partial charge in [0.05, 0.1) is 6.61 Å². The third kappa shape index (κ3) is 4.58. The third-order valence-corrected chi connectivity index (χ3v) is 10.5. The van der Waals surface area contributed by atoms with Gasteiger partial charge in [-0.25, -0.2) is 18.2 Å². The van der Waals surface area contributed by atoms with Crippen LogP contribution in [0, 0.1) is 0 Å². The molecule has 0 atom stereocenters. The Hall–Kier alpha value is -1.04. The average molecular weight is 460 g/mol. The van der Waals surface area contributed by atoms with Gasteiger partial charge in [-0.05, 0) is 50.2 Å². The first kappa shape index (κ1) is 23.6. The third-order valence-electron chi connectivity index (χ3n) is 6.51. The Morgan fingerprint density at radius 2 is 1.93 bits per heavy atom. The van der Waals surface area contributed by atoms with E-state index in [1.807, 2.05) is 11.3 Å². The van der Waals surface area contributed by atoms with Crippen LogP contribution in [0.25, 0.3) is 0 Å². The second-order valence-corrected chi connectivity index (χ2v) is 11.6. The molecule has 8 nitrogen and oxygen atoms in total. The highest BCUT2D eigenvalue weighted by atomic mass is 32.2. The molecule has 3 rings (SSSR count). The second-order valence-electron chi connectivity index (χ2n) is 8.11. The highest BCUT2D eigenvalue weighted by Gasteiger charge is 2.55. The van der Waals surface area contributed by atoms with Gasteiger partial charge in [0.1, 0.15) is 0 Å². The highest BCUT2D eigenvalue weighted by Crippen LogP contribution is 2.38. The van der Waals surface area contributed by atoms with E-state index in [0.717, 1.165) is 19.3 Å². The van der Waals surface area contributed by atoms with E-state index < -0.39 is 20.7 Å². The van der Waals surface area contributed by atoms with Gasteiger partial charge in [0.2, 0.25) is 10.0 Å². The number of carbonyl (C=O) groups is 1. The highest BCUT2D eigenvalue weighted by molar-refractivity contribution is 7.91. The van der Waals surface area contributed by atoms with E-state index in [0.29, 0.717) is 45.2 Å². The molecular formula is C20H33N3O5S2.